The van der Waals surface area contributed by atoms with Crippen molar-refractivity contribution in [1.29, 1.82) is 0 Å². The van der Waals surface area contributed by atoms with E-state index in [1.54, 1.807) is 0 Å². The summed E-state index contributed by atoms with van der Waals surface area (Å²) in [5, 5.41) is 0. The van der Waals surface area contributed by atoms with Gasteiger partial charge >= 0.3 is 0 Å². The molecule has 0 rings (SSSR count). The first-order chi connectivity index (χ1) is 3.62. The predicted octanol–water partition coefficient (Wildman–Crippen LogP) is 0.0488. The highest BCUT2D eigenvalue weighted by molar-refractivity contribution is 6.43. The molecule has 0 aromatic heterocycles. The van der Waals surface area contributed by atoms with Crippen LogP contribution in [-0.2, 0) is 0 Å². The van der Waals surface area contributed by atoms with Crippen LogP contribution in [0.2, 0.25) is 20.0 Å². The fourth-order valence-electron chi connectivity index (χ4n) is 0.748. The van der Waals surface area contributed by atoms with Gasteiger partial charge in [-0.3, -0.25) is 0 Å². The van der Waals surface area contributed by atoms with Gasteiger partial charge in [0.1, 0.15) is 14.6 Å². The third-order valence-corrected chi connectivity index (χ3v) is 1.63. The predicted molar refractivity (Wildman–Crippen MR) is 43.4 cm³/mol. The molecule has 0 spiro atoms. The van der Waals surface area contributed by atoms with Gasteiger partial charge in [0.15, 0.2) is 0 Å². The minimum atomic E-state index is 0.0920. The van der Waals surface area contributed by atoms with Gasteiger partial charge in [-0.15, -0.1) is 0 Å². The molecule has 0 fully saturated rings. The van der Waals surface area contributed by atoms with Gasteiger partial charge in [-0.25, -0.2) is 0 Å². The molecule has 1 nitrogen and oxygen atoms in total. The molecule has 0 aliphatic carbocycles. The second kappa shape index (κ2) is 3.18. The van der Waals surface area contributed by atoms with Crippen LogP contribution in [0.1, 0.15) is 6.92 Å². The Labute approximate surface area is 53.5 Å². The minimum Gasteiger partial charge on any atom is -0.333 e. The standard InChI is InChI=1S/C5H15B2N/c1-5(8,7-3)4-6-2/h6-7H,4,8H2,1-3H3/t5-/m0/s1. The minimum absolute atomic E-state index is 0.0920. The average molecular weight is 111 g/mol. The van der Waals surface area contributed by atoms with Gasteiger partial charge in [0.25, 0.3) is 0 Å². The number of hydrogen-bond acceptors (Lipinski definition) is 1. The van der Waals surface area contributed by atoms with Crippen LogP contribution in [0, 0.1) is 0 Å². The molecular formula is C5H15B2N. The van der Waals surface area contributed by atoms with Crippen LogP contribution in [0.4, 0.5) is 0 Å². The van der Waals surface area contributed by atoms with Gasteiger partial charge in [-0.2, -0.15) is 0 Å². The fourth-order valence-corrected chi connectivity index (χ4v) is 0.748. The highest BCUT2D eigenvalue weighted by atomic mass is 14.7. The monoisotopic (exact) mass is 111 g/mol. The van der Waals surface area contributed by atoms with E-state index in [-0.39, 0.29) is 5.44 Å². The Kier molecular flexibility index (Phi) is 3.22. The van der Waals surface area contributed by atoms with Crippen molar-refractivity contribution in [3.63, 3.8) is 0 Å². The lowest BCUT2D eigenvalue weighted by molar-refractivity contribution is 0.726. The summed E-state index contributed by atoms with van der Waals surface area (Å²) in [6.07, 6.45) is 1.14. The van der Waals surface area contributed by atoms with Gasteiger partial charge in [-0.05, 0) is 5.44 Å². The second-order valence-corrected chi connectivity index (χ2v) is 2.76. The van der Waals surface area contributed by atoms with E-state index in [0.717, 1.165) is 13.6 Å². The number of rotatable bonds is 3. The smallest absolute Gasteiger partial charge is 0.141 e. The van der Waals surface area contributed by atoms with Crippen molar-refractivity contribution < 1.29 is 0 Å². The third-order valence-electron chi connectivity index (χ3n) is 1.63. The molecule has 46 valence electrons. The van der Waals surface area contributed by atoms with Crippen molar-refractivity contribution in [1.82, 2.24) is 0 Å². The zero-order valence-corrected chi connectivity index (χ0v) is 6.20. The van der Waals surface area contributed by atoms with E-state index >= 15 is 0 Å². The van der Waals surface area contributed by atoms with Gasteiger partial charge in [0.2, 0.25) is 0 Å². The van der Waals surface area contributed by atoms with Gasteiger partial charge in [-0.1, -0.05) is 26.9 Å². The quantitative estimate of drug-likeness (QED) is 0.511. The Balaban J connectivity index is 3.37. The molecule has 2 N–H and O–H groups in total. The summed E-state index contributed by atoms with van der Waals surface area (Å²) >= 11 is 0. The average Bonchev–Trinajstić information content (AvgIpc) is 1.67. The zero-order chi connectivity index (χ0) is 6.62. The van der Waals surface area contributed by atoms with Gasteiger partial charge < -0.3 is 5.73 Å². The summed E-state index contributed by atoms with van der Waals surface area (Å²) in [6.45, 7) is 6.41. The molecule has 0 unspecified atom stereocenters. The maximum Gasteiger partial charge on any atom is 0.141 e. The molecule has 0 aliphatic rings. The van der Waals surface area contributed by atoms with Crippen LogP contribution in [-0.4, -0.2) is 20.0 Å². The van der Waals surface area contributed by atoms with Crippen LogP contribution in [0.15, 0.2) is 0 Å². The number of nitrogens with two attached hydrogens (primary N) is 1. The first-order valence-corrected chi connectivity index (χ1v) is 3.41. The van der Waals surface area contributed by atoms with Crippen LogP contribution in [0.25, 0.3) is 0 Å². The van der Waals surface area contributed by atoms with Crippen LogP contribution >= 0.6 is 0 Å². The van der Waals surface area contributed by atoms with E-state index < -0.39 is 0 Å². The molecule has 0 saturated carbocycles. The van der Waals surface area contributed by atoms with Crippen LogP contribution < -0.4 is 5.73 Å². The Morgan fingerprint density at radius 3 is 2.12 bits per heavy atom. The lowest BCUT2D eigenvalue weighted by atomic mass is 9.52. The number of hydrogen-bond donors (Lipinski definition) is 1. The second-order valence-electron chi connectivity index (χ2n) is 2.76. The van der Waals surface area contributed by atoms with E-state index in [0.29, 0.717) is 0 Å². The SMILES string of the molecule is CBC[C@](C)(N)BC. The largest absolute Gasteiger partial charge is 0.333 e. The van der Waals surface area contributed by atoms with Gasteiger partial charge in [0.05, 0.1) is 0 Å². The lowest BCUT2D eigenvalue weighted by Gasteiger charge is -2.19. The lowest BCUT2D eigenvalue weighted by Crippen LogP contribution is -2.41. The van der Waals surface area contributed by atoms with Crippen molar-refractivity contribution in [3.8, 4) is 0 Å². The van der Waals surface area contributed by atoms with E-state index in [9.17, 15) is 0 Å². The third kappa shape index (κ3) is 3.14. The normalized spacial score (nSPS) is 17.0. The zero-order valence-electron chi connectivity index (χ0n) is 6.20. The fraction of sp³-hybridized carbons (Fsp3) is 1.00. The highest BCUT2D eigenvalue weighted by Gasteiger charge is 2.13. The summed E-state index contributed by atoms with van der Waals surface area (Å²) in [7, 11) is 2.28. The molecule has 0 aromatic rings. The molecular weight excluding hydrogens is 95.7 g/mol. The maximum atomic E-state index is 5.83. The summed E-state index contributed by atoms with van der Waals surface area (Å²) < 4.78 is 0. The Hall–Kier alpha value is 0.0899. The topological polar surface area (TPSA) is 26.0 Å². The molecule has 0 saturated heterocycles. The Morgan fingerprint density at radius 1 is 1.50 bits per heavy atom. The van der Waals surface area contributed by atoms with Gasteiger partial charge in [0, 0.05) is 0 Å². The first kappa shape index (κ1) is 8.09. The molecule has 8 heavy (non-hydrogen) atoms. The molecule has 0 bridgehead atoms. The molecule has 0 amide bonds. The van der Waals surface area contributed by atoms with Crippen molar-refractivity contribution >= 4 is 14.6 Å². The van der Waals surface area contributed by atoms with E-state index in [4.69, 9.17) is 5.73 Å². The maximum absolute atomic E-state index is 5.83. The summed E-state index contributed by atoms with van der Waals surface area (Å²) in [4.78, 5) is 0. The molecule has 0 heterocycles. The van der Waals surface area contributed by atoms with E-state index in [2.05, 4.69) is 20.6 Å². The Bertz CT molecular complexity index is 63.4. The van der Waals surface area contributed by atoms with Crippen molar-refractivity contribution in [3.05, 3.63) is 0 Å². The van der Waals surface area contributed by atoms with E-state index in [1.807, 2.05) is 0 Å². The van der Waals surface area contributed by atoms with Crippen LogP contribution in [0.3, 0.4) is 0 Å². The summed E-state index contributed by atoms with van der Waals surface area (Å²) in [5.41, 5.74) is 5.92. The van der Waals surface area contributed by atoms with Crippen molar-refractivity contribution in [2.24, 2.45) is 5.73 Å². The molecule has 0 aliphatic heterocycles. The first-order valence-electron chi connectivity index (χ1n) is 3.41. The molecule has 3 heteroatoms. The van der Waals surface area contributed by atoms with Crippen molar-refractivity contribution in [2.75, 3.05) is 0 Å². The Morgan fingerprint density at radius 2 is 2.00 bits per heavy atom. The summed E-state index contributed by atoms with van der Waals surface area (Å²) in [6, 6.07) is 0. The summed E-state index contributed by atoms with van der Waals surface area (Å²) in [5.74, 6) is 0. The van der Waals surface area contributed by atoms with Crippen molar-refractivity contribution in [2.45, 2.75) is 32.3 Å². The molecule has 0 radical (unpaired) electrons. The molecule has 1 atom stereocenters. The highest BCUT2D eigenvalue weighted by Crippen LogP contribution is 2.01. The molecule has 0 aromatic carbocycles. The van der Waals surface area contributed by atoms with Crippen LogP contribution in [0.5, 0.6) is 0 Å². The van der Waals surface area contributed by atoms with E-state index in [1.165, 1.54) is 7.28 Å².